The molecule has 116 valence electrons. The molecule has 22 heavy (non-hydrogen) atoms. The average Bonchev–Trinajstić information content (AvgIpc) is 2.54. The fraction of sp³-hybridized carbons (Fsp3) is 0.235. The summed E-state index contributed by atoms with van der Waals surface area (Å²) in [5, 5.41) is 14.1. The zero-order chi connectivity index (χ0) is 15.9. The number of carbonyl (C=O) groups excluding carboxylic acids is 1. The Kier molecular flexibility index (Phi) is 5.81. The molecule has 2 N–H and O–H groups in total. The van der Waals surface area contributed by atoms with E-state index >= 15 is 0 Å². The first-order valence-electron chi connectivity index (χ1n) is 7.03. The summed E-state index contributed by atoms with van der Waals surface area (Å²) >= 11 is 5.89. The number of esters is 1. The highest BCUT2D eigenvalue weighted by Gasteiger charge is 2.28. The van der Waals surface area contributed by atoms with Crippen molar-refractivity contribution >= 4 is 23.3 Å². The van der Waals surface area contributed by atoms with Gasteiger partial charge in [-0.05, 0) is 36.8 Å². The summed E-state index contributed by atoms with van der Waals surface area (Å²) in [5.74, 6) is -0.661. The van der Waals surface area contributed by atoms with Crippen molar-refractivity contribution in [3.63, 3.8) is 0 Å². The molecule has 0 fully saturated rings. The Labute approximate surface area is 134 Å². The van der Waals surface area contributed by atoms with Gasteiger partial charge in [0.2, 0.25) is 0 Å². The minimum atomic E-state index is -1.32. The minimum Gasteiger partial charge on any atom is -0.464 e. The van der Waals surface area contributed by atoms with E-state index in [1.54, 1.807) is 31.2 Å². The van der Waals surface area contributed by atoms with Crippen molar-refractivity contribution in [2.24, 2.45) is 0 Å². The van der Waals surface area contributed by atoms with Crippen LogP contribution in [0.5, 0.6) is 0 Å². The van der Waals surface area contributed by atoms with Crippen LogP contribution in [0, 0.1) is 0 Å². The Hall–Kier alpha value is -2.04. The van der Waals surface area contributed by atoms with Crippen molar-refractivity contribution in [1.82, 2.24) is 0 Å². The number of rotatable bonds is 6. The predicted octanol–water partition coefficient (Wildman–Crippen LogP) is 3.42. The first-order valence-corrected chi connectivity index (χ1v) is 7.41. The molecule has 0 saturated carbocycles. The number of anilines is 1. The number of nitrogens with one attached hydrogen (secondary N) is 1. The quantitative estimate of drug-likeness (QED) is 0.801. The van der Waals surface area contributed by atoms with Crippen LogP contribution in [0.4, 0.5) is 5.69 Å². The second-order valence-electron chi connectivity index (χ2n) is 4.74. The maximum Gasteiger partial charge on any atom is 0.337 e. The van der Waals surface area contributed by atoms with E-state index in [-0.39, 0.29) is 6.61 Å². The molecule has 0 aliphatic rings. The molecule has 0 saturated heterocycles. The molecule has 5 heteroatoms. The number of para-hydroxylation sites is 1. The summed E-state index contributed by atoms with van der Waals surface area (Å²) in [5.41, 5.74) is 1.54. The van der Waals surface area contributed by atoms with E-state index < -0.39 is 18.1 Å². The standard InChI is InChI=1S/C17H18ClNO3/c1-2-22-17(21)16(20)15(12-8-10-13(18)11-9-12)19-14-6-4-3-5-7-14/h3-11,15-16,19-20H,2H2,1H3/t15-,16+/m0/s1. The molecule has 0 aromatic heterocycles. The molecule has 0 radical (unpaired) electrons. The third-order valence-corrected chi connectivity index (χ3v) is 3.42. The molecule has 0 amide bonds. The van der Waals surface area contributed by atoms with Crippen molar-refractivity contribution in [2.75, 3.05) is 11.9 Å². The van der Waals surface area contributed by atoms with Crippen LogP contribution >= 0.6 is 11.6 Å². The lowest BCUT2D eigenvalue weighted by molar-refractivity contribution is -0.153. The Balaban J connectivity index is 2.27. The number of carbonyl (C=O) groups is 1. The van der Waals surface area contributed by atoms with Gasteiger partial charge in [0, 0.05) is 10.7 Å². The molecule has 0 spiro atoms. The van der Waals surface area contributed by atoms with E-state index in [4.69, 9.17) is 16.3 Å². The third-order valence-electron chi connectivity index (χ3n) is 3.17. The molecule has 2 atom stereocenters. The summed E-state index contributed by atoms with van der Waals surface area (Å²) in [4.78, 5) is 11.9. The van der Waals surface area contributed by atoms with Gasteiger partial charge >= 0.3 is 5.97 Å². The lowest BCUT2D eigenvalue weighted by Crippen LogP contribution is -2.34. The van der Waals surface area contributed by atoms with Crippen LogP contribution in [-0.2, 0) is 9.53 Å². The number of aliphatic hydroxyl groups is 1. The molecule has 4 nitrogen and oxygen atoms in total. The van der Waals surface area contributed by atoms with Gasteiger partial charge in [-0.25, -0.2) is 4.79 Å². The van der Waals surface area contributed by atoms with Gasteiger partial charge in [0.05, 0.1) is 12.6 Å². The van der Waals surface area contributed by atoms with Crippen LogP contribution in [-0.4, -0.2) is 23.8 Å². The third kappa shape index (κ3) is 4.23. The maximum atomic E-state index is 11.9. The highest BCUT2D eigenvalue weighted by Crippen LogP contribution is 2.25. The van der Waals surface area contributed by atoms with Gasteiger partial charge in [-0.1, -0.05) is 41.9 Å². The number of aliphatic hydroxyl groups excluding tert-OH is 1. The summed E-state index contributed by atoms with van der Waals surface area (Å²) in [6, 6.07) is 15.7. The largest absolute Gasteiger partial charge is 0.464 e. The van der Waals surface area contributed by atoms with Crippen LogP contribution in [0.2, 0.25) is 5.02 Å². The zero-order valence-corrected chi connectivity index (χ0v) is 13.0. The lowest BCUT2D eigenvalue weighted by atomic mass is 10.0. The van der Waals surface area contributed by atoms with E-state index in [1.165, 1.54) is 0 Å². The van der Waals surface area contributed by atoms with E-state index in [0.29, 0.717) is 5.02 Å². The van der Waals surface area contributed by atoms with Crippen LogP contribution < -0.4 is 5.32 Å². The first-order chi connectivity index (χ1) is 10.6. The van der Waals surface area contributed by atoms with Gasteiger partial charge in [0.1, 0.15) is 0 Å². The van der Waals surface area contributed by atoms with Gasteiger partial charge in [-0.15, -0.1) is 0 Å². The number of halogens is 1. The SMILES string of the molecule is CCOC(=O)[C@H](O)[C@@H](Nc1ccccc1)c1ccc(Cl)cc1. The van der Waals surface area contributed by atoms with E-state index in [0.717, 1.165) is 11.3 Å². The van der Waals surface area contributed by atoms with Gasteiger partial charge in [-0.2, -0.15) is 0 Å². The second kappa shape index (κ2) is 7.82. The number of hydrogen-bond donors (Lipinski definition) is 2. The summed E-state index contributed by atoms with van der Waals surface area (Å²) in [6.07, 6.45) is -1.32. The molecule has 0 aliphatic carbocycles. The average molecular weight is 320 g/mol. The molecule has 0 unspecified atom stereocenters. The van der Waals surface area contributed by atoms with Crippen molar-refractivity contribution < 1.29 is 14.6 Å². The number of benzene rings is 2. The predicted molar refractivity (Wildman–Crippen MR) is 86.9 cm³/mol. The van der Waals surface area contributed by atoms with E-state index in [2.05, 4.69) is 5.32 Å². The van der Waals surface area contributed by atoms with Gasteiger partial charge in [0.25, 0.3) is 0 Å². The first kappa shape index (κ1) is 16.3. The topological polar surface area (TPSA) is 58.6 Å². The highest BCUT2D eigenvalue weighted by molar-refractivity contribution is 6.30. The molecular weight excluding hydrogens is 302 g/mol. The molecule has 0 aliphatic heterocycles. The summed E-state index contributed by atoms with van der Waals surface area (Å²) < 4.78 is 4.91. The summed E-state index contributed by atoms with van der Waals surface area (Å²) in [7, 11) is 0. The lowest BCUT2D eigenvalue weighted by Gasteiger charge is -2.24. The molecule has 0 heterocycles. The molecule has 2 aromatic rings. The molecule has 0 bridgehead atoms. The minimum absolute atomic E-state index is 0.217. The Morgan fingerprint density at radius 2 is 1.82 bits per heavy atom. The second-order valence-corrected chi connectivity index (χ2v) is 5.17. The molecule has 2 aromatic carbocycles. The number of ether oxygens (including phenoxy) is 1. The highest BCUT2D eigenvalue weighted by atomic mass is 35.5. The van der Waals surface area contributed by atoms with Crippen molar-refractivity contribution in [3.05, 3.63) is 65.2 Å². The Morgan fingerprint density at radius 1 is 1.18 bits per heavy atom. The van der Waals surface area contributed by atoms with Gasteiger partial charge < -0.3 is 15.2 Å². The molecule has 2 rings (SSSR count). The number of hydrogen-bond acceptors (Lipinski definition) is 4. The maximum absolute atomic E-state index is 11.9. The van der Waals surface area contributed by atoms with Crippen LogP contribution in [0.1, 0.15) is 18.5 Å². The van der Waals surface area contributed by atoms with Crippen molar-refractivity contribution in [3.8, 4) is 0 Å². The fourth-order valence-electron chi connectivity index (χ4n) is 2.09. The normalized spacial score (nSPS) is 13.2. The molecular formula is C17H18ClNO3. The Morgan fingerprint density at radius 3 is 2.41 bits per heavy atom. The fourth-order valence-corrected chi connectivity index (χ4v) is 2.22. The van der Waals surface area contributed by atoms with E-state index in [1.807, 2.05) is 30.3 Å². The Bertz CT molecular complexity index is 601. The zero-order valence-electron chi connectivity index (χ0n) is 12.2. The van der Waals surface area contributed by atoms with Crippen molar-refractivity contribution in [2.45, 2.75) is 19.1 Å². The monoisotopic (exact) mass is 319 g/mol. The van der Waals surface area contributed by atoms with E-state index in [9.17, 15) is 9.90 Å². The van der Waals surface area contributed by atoms with Crippen LogP contribution in [0.15, 0.2) is 54.6 Å². The smallest absolute Gasteiger partial charge is 0.337 e. The van der Waals surface area contributed by atoms with Crippen LogP contribution in [0.25, 0.3) is 0 Å². The van der Waals surface area contributed by atoms with Gasteiger partial charge in [0.15, 0.2) is 6.10 Å². The van der Waals surface area contributed by atoms with Gasteiger partial charge in [-0.3, -0.25) is 0 Å². The van der Waals surface area contributed by atoms with Crippen molar-refractivity contribution in [1.29, 1.82) is 0 Å². The van der Waals surface area contributed by atoms with Crippen LogP contribution in [0.3, 0.4) is 0 Å². The summed E-state index contributed by atoms with van der Waals surface area (Å²) in [6.45, 7) is 1.92.